The molecule has 36 heavy (non-hydrogen) atoms. The van der Waals surface area contributed by atoms with Gasteiger partial charge in [0, 0.05) is 6.92 Å². The van der Waals surface area contributed by atoms with Crippen LogP contribution >= 0.6 is 11.3 Å². The summed E-state index contributed by atoms with van der Waals surface area (Å²) in [6.07, 6.45) is 10.6. The molecule has 4 rings (SSSR count). The average Bonchev–Trinajstić information content (AvgIpc) is 3.16. The number of thiazole rings is 1. The lowest BCUT2D eigenvalue weighted by Crippen LogP contribution is -2.40. The second-order valence-corrected chi connectivity index (χ2v) is 9.55. The summed E-state index contributed by atoms with van der Waals surface area (Å²) < 4.78 is 18.2. The van der Waals surface area contributed by atoms with Crippen LogP contribution in [0.3, 0.4) is 0 Å². The number of hydrogen-bond donors (Lipinski definition) is 0. The SMILES string of the molecule is C=CCOC(=O)C1=C(C)N=c2sc(=CC3CC=CCC3)c(=O)n2C1c1ccc(OC(C)=O)c(OC)c1. The zero-order valence-corrected chi connectivity index (χ0v) is 21.3. The molecular weight excluding hydrogens is 480 g/mol. The number of carbonyl (C=O) groups excluding carboxylic acids is 2. The van der Waals surface area contributed by atoms with Crippen molar-refractivity contribution in [2.24, 2.45) is 10.9 Å². The Balaban J connectivity index is 1.90. The molecule has 0 saturated heterocycles. The molecule has 2 aliphatic rings. The van der Waals surface area contributed by atoms with E-state index in [9.17, 15) is 14.4 Å². The van der Waals surface area contributed by atoms with E-state index < -0.39 is 18.0 Å². The van der Waals surface area contributed by atoms with Gasteiger partial charge in [0.2, 0.25) is 0 Å². The second kappa shape index (κ2) is 10.9. The highest BCUT2D eigenvalue weighted by molar-refractivity contribution is 7.07. The molecule has 0 spiro atoms. The minimum Gasteiger partial charge on any atom is -0.493 e. The van der Waals surface area contributed by atoms with Crippen molar-refractivity contribution in [3.8, 4) is 11.5 Å². The van der Waals surface area contributed by atoms with Gasteiger partial charge in [-0.1, -0.05) is 48.3 Å². The third-order valence-corrected chi connectivity index (χ3v) is 7.03. The number of ether oxygens (including phenoxy) is 3. The van der Waals surface area contributed by atoms with Crippen LogP contribution in [0.15, 0.2) is 64.1 Å². The number of nitrogens with zero attached hydrogens (tertiary/aromatic N) is 2. The van der Waals surface area contributed by atoms with Gasteiger partial charge in [-0.25, -0.2) is 9.79 Å². The quantitative estimate of drug-likeness (QED) is 0.324. The number of hydrogen-bond acceptors (Lipinski definition) is 8. The molecule has 1 aliphatic carbocycles. The van der Waals surface area contributed by atoms with Crippen molar-refractivity contribution in [3.63, 3.8) is 0 Å². The Morgan fingerprint density at radius 2 is 2.08 bits per heavy atom. The molecule has 188 valence electrons. The van der Waals surface area contributed by atoms with E-state index in [0.29, 0.717) is 26.3 Å². The fourth-order valence-corrected chi connectivity index (χ4v) is 5.51. The van der Waals surface area contributed by atoms with Crippen LogP contribution in [0.4, 0.5) is 0 Å². The molecule has 9 heteroatoms. The van der Waals surface area contributed by atoms with E-state index in [1.807, 2.05) is 6.08 Å². The summed E-state index contributed by atoms with van der Waals surface area (Å²) in [6.45, 7) is 6.65. The zero-order valence-electron chi connectivity index (χ0n) is 20.5. The minimum absolute atomic E-state index is 0.0245. The van der Waals surface area contributed by atoms with E-state index in [-0.39, 0.29) is 29.4 Å². The highest BCUT2D eigenvalue weighted by atomic mass is 32.1. The number of rotatable bonds is 7. The summed E-state index contributed by atoms with van der Waals surface area (Å²) in [5.41, 5.74) is 1.09. The minimum atomic E-state index is -0.799. The number of benzene rings is 1. The van der Waals surface area contributed by atoms with Gasteiger partial charge in [0.1, 0.15) is 6.61 Å². The van der Waals surface area contributed by atoms with Gasteiger partial charge in [-0.2, -0.15) is 0 Å². The standard InChI is InChI=1S/C27H28N2O6S/c1-5-13-34-26(32)23-16(2)28-27-29(25(31)22(36-27)14-18-9-7-6-8-10-18)24(23)19-11-12-20(35-17(3)30)21(15-19)33-4/h5-7,11-12,14-15,18,24H,1,8-10,13H2,2-4H3. The van der Waals surface area contributed by atoms with Gasteiger partial charge in [0.15, 0.2) is 16.3 Å². The molecule has 0 fully saturated rings. The number of carbonyl (C=O) groups is 2. The first-order valence-electron chi connectivity index (χ1n) is 11.7. The third-order valence-electron chi connectivity index (χ3n) is 6.03. The Labute approximate surface area is 212 Å². The maximum Gasteiger partial charge on any atom is 0.338 e. The third kappa shape index (κ3) is 5.11. The molecule has 0 radical (unpaired) electrons. The Morgan fingerprint density at radius 3 is 2.75 bits per heavy atom. The molecule has 2 atom stereocenters. The number of esters is 2. The van der Waals surface area contributed by atoms with Crippen molar-refractivity contribution in [2.45, 2.75) is 39.2 Å². The van der Waals surface area contributed by atoms with Crippen molar-refractivity contribution < 1.29 is 23.8 Å². The van der Waals surface area contributed by atoms with E-state index in [1.165, 1.54) is 36.0 Å². The van der Waals surface area contributed by atoms with Gasteiger partial charge >= 0.3 is 11.9 Å². The maximum absolute atomic E-state index is 13.7. The summed E-state index contributed by atoms with van der Waals surface area (Å²) in [4.78, 5) is 43.5. The molecular formula is C27H28N2O6S. The molecule has 1 aliphatic heterocycles. The number of fused-ring (bicyclic) bond motifs is 1. The van der Waals surface area contributed by atoms with E-state index >= 15 is 0 Å². The predicted octanol–water partition coefficient (Wildman–Crippen LogP) is 3.21. The van der Waals surface area contributed by atoms with Crippen molar-refractivity contribution in [1.29, 1.82) is 0 Å². The molecule has 2 unspecified atom stereocenters. The summed E-state index contributed by atoms with van der Waals surface area (Å²) in [7, 11) is 1.45. The van der Waals surface area contributed by atoms with Crippen molar-refractivity contribution >= 4 is 29.4 Å². The van der Waals surface area contributed by atoms with Crippen LogP contribution in [-0.4, -0.2) is 30.2 Å². The Kier molecular flexibility index (Phi) is 7.69. The lowest BCUT2D eigenvalue weighted by Gasteiger charge is -2.25. The Bertz CT molecular complexity index is 1450. The van der Waals surface area contributed by atoms with E-state index in [4.69, 9.17) is 14.2 Å². The lowest BCUT2D eigenvalue weighted by atomic mass is 9.94. The predicted molar refractivity (Wildman–Crippen MR) is 137 cm³/mol. The molecule has 2 aromatic rings. The van der Waals surface area contributed by atoms with Crippen LogP contribution in [0.25, 0.3) is 6.08 Å². The number of aromatic nitrogens is 1. The van der Waals surface area contributed by atoms with Crippen LogP contribution in [0, 0.1) is 5.92 Å². The van der Waals surface area contributed by atoms with Gasteiger partial charge < -0.3 is 14.2 Å². The lowest BCUT2D eigenvalue weighted by molar-refractivity contribution is -0.138. The molecule has 0 bridgehead atoms. The normalized spacial score (nSPS) is 19.4. The number of methoxy groups -OCH3 is 1. The smallest absolute Gasteiger partial charge is 0.338 e. The van der Waals surface area contributed by atoms with Crippen molar-refractivity contribution in [1.82, 2.24) is 4.57 Å². The fraction of sp³-hybridized carbons (Fsp3) is 0.333. The largest absolute Gasteiger partial charge is 0.493 e. The van der Waals surface area contributed by atoms with E-state index in [2.05, 4.69) is 23.7 Å². The first-order valence-corrected chi connectivity index (χ1v) is 12.5. The van der Waals surface area contributed by atoms with E-state index in [0.717, 1.165) is 19.3 Å². The summed E-state index contributed by atoms with van der Waals surface area (Å²) in [5.74, 6) is -0.266. The van der Waals surface area contributed by atoms with Gasteiger partial charge in [0.25, 0.3) is 5.56 Å². The molecule has 0 N–H and O–H groups in total. The first-order chi connectivity index (χ1) is 17.3. The summed E-state index contributed by atoms with van der Waals surface area (Å²) in [6, 6.07) is 4.15. The molecule has 8 nitrogen and oxygen atoms in total. The van der Waals surface area contributed by atoms with Crippen LogP contribution < -0.4 is 24.4 Å². The molecule has 0 amide bonds. The maximum atomic E-state index is 13.7. The fourth-order valence-electron chi connectivity index (χ4n) is 4.40. The highest BCUT2D eigenvalue weighted by Gasteiger charge is 2.34. The van der Waals surface area contributed by atoms with E-state index in [1.54, 1.807) is 25.1 Å². The summed E-state index contributed by atoms with van der Waals surface area (Å²) in [5, 5.41) is 0. The highest BCUT2D eigenvalue weighted by Crippen LogP contribution is 2.36. The van der Waals surface area contributed by atoms with Crippen molar-refractivity contribution in [2.75, 3.05) is 13.7 Å². The first kappa shape index (κ1) is 25.4. The van der Waals surface area contributed by atoms with Gasteiger partial charge in [0.05, 0.1) is 29.0 Å². The van der Waals surface area contributed by atoms with Gasteiger partial charge in [-0.3, -0.25) is 14.2 Å². The van der Waals surface area contributed by atoms with Crippen molar-refractivity contribution in [3.05, 3.63) is 79.5 Å². The average molecular weight is 509 g/mol. The molecule has 0 saturated carbocycles. The zero-order chi connectivity index (χ0) is 25.8. The monoisotopic (exact) mass is 508 g/mol. The number of allylic oxidation sites excluding steroid dienone is 3. The molecule has 1 aromatic heterocycles. The topological polar surface area (TPSA) is 96.2 Å². The van der Waals surface area contributed by atoms with Crippen LogP contribution in [0.1, 0.15) is 44.7 Å². The Morgan fingerprint density at radius 1 is 1.28 bits per heavy atom. The molecule has 1 aromatic carbocycles. The van der Waals surface area contributed by atoms with Gasteiger partial charge in [-0.15, -0.1) is 0 Å². The van der Waals surface area contributed by atoms with Crippen LogP contribution in [0.5, 0.6) is 11.5 Å². The Hall–Kier alpha value is -3.72. The second-order valence-electron chi connectivity index (χ2n) is 8.54. The van der Waals surface area contributed by atoms with Gasteiger partial charge in [-0.05, 0) is 49.8 Å². The summed E-state index contributed by atoms with van der Waals surface area (Å²) >= 11 is 1.31. The molecule has 2 heterocycles. The van der Waals surface area contributed by atoms with Crippen LogP contribution in [-0.2, 0) is 14.3 Å². The van der Waals surface area contributed by atoms with Crippen LogP contribution in [0.2, 0.25) is 0 Å².